The van der Waals surface area contributed by atoms with Crippen molar-refractivity contribution in [3.63, 3.8) is 0 Å². The van der Waals surface area contributed by atoms with E-state index in [0.29, 0.717) is 12.0 Å². The van der Waals surface area contributed by atoms with Gasteiger partial charge in [0.1, 0.15) is 23.2 Å². The molecular formula is C19H17N5O. The van der Waals surface area contributed by atoms with Crippen molar-refractivity contribution in [1.29, 1.82) is 5.26 Å². The number of hydrogen-bond donors (Lipinski definition) is 2. The van der Waals surface area contributed by atoms with Crippen LogP contribution in [0.5, 0.6) is 5.75 Å². The molecule has 0 radical (unpaired) electrons. The molecule has 0 unspecified atom stereocenters. The highest BCUT2D eigenvalue weighted by Crippen LogP contribution is 2.45. The van der Waals surface area contributed by atoms with Crippen LogP contribution in [0.25, 0.3) is 22.4 Å². The molecule has 0 aliphatic heterocycles. The quantitative estimate of drug-likeness (QED) is 0.558. The van der Waals surface area contributed by atoms with Gasteiger partial charge in [-0.3, -0.25) is 4.68 Å². The number of anilines is 1. The predicted molar refractivity (Wildman–Crippen MR) is 94.9 cm³/mol. The Balaban J connectivity index is 2.11. The van der Waals surface area contributed by atoms with Crippen LogP contribution in [-0.2, 0) is 13.5 Å². The number of nitriles is 1. The van der Waals surface area contributed by atoms with Crippen LogP contribution in [0.15, 0.2) is 18.2 Å². The van der Waals surface area contributed by atoms with Gasteiger partial charge < -0.3 is 10.8 Å². The van der Waals surface area contributed by atoms with Crippen LogP contribution in [0.3, 0.4) is 0 Å². The Morgan fingerprint density at radius 3 is 2.68 bits per heavy atom. The molecule has 0 saturated carbocycles. The maximum atomic E-state index is 9.85. The summed E-state index contributed by atoms with van der Waals surface area (Å²) in [7, 11) is 1.88. The minimum atomic E-state index is 0.187. The lowest BCUT2D eigenvalue weighted by Crippen LogP contribution is -2.03. The van der Waals surface area contributed by atoms with Crippen molar-refractivity contribution in [1.82, 2.24) is 14.8 Å². The Bertz CT molecular complexity index is 1090. The van der Waals surface area contributed by atoms with Crippen LogP contribution in [0.1, 0.15) is 28.1 Å². The molecule has 3 aromatic rings. The van der Waals surface area contributed by atoms with Crippen molar-refractivity contribution in [3.8, 4) is 34.2 Å². The van der Waals surface area contributed by atoms with Crippen LogP contribution in [0.4, 0.5) is 5.82 Å². The van der Waals surface area contributed by atoms with Crippen LogP contribution in [0, 0.1) is 25.2 Å². The number of benzene rings is 1. The Kier molecular flexibility index (Phi) is 3.09. The molecule has 0 amide bonds. The first-order chi connectivity index (χ1) is 11.9. The second-order valence-electron chi connectivity index (χ2n) is 6.37. The molecule has 4 rings (SSSR count). The van der Waals surface area contributed by atoms with Gasteiger partial charge in [-0.05, 0) is 37.1 Å². The lowest BCUT2D eigenvalue weighted by atomic mass is 9.92. The average Bonchev–Trinajstić information content (AvgIpc) is 3.04. The van der Waals surface area contributed by atoms with Gasteiger partial charge >= 0.3 is 0 Å². The van der Waals surface area contributed by atoms with E-state index >= 15 is 0 Å². The van der Waals surface area contributed by atoms with E-state index in [9.17, 15) is 10.4 Å². The largest absolute Gasteiger partial charge is 0.508 e. The smallest absolute Gasteiger partial charge is 0.142 e. The van der Waals surface area contributed by atoms with E-state index in [1.165, 1.54) is 0 Å². The summed E-state index contributed by atoms with van der Waals surface area (Å²) in [6.07, 6.45) is 0.649. The molecule has 1 aliphatic carbocycles. The first kappa shape index (κ1) is 15.2. The van der Waals surface area contributed by atoms with Gasteiger partial charge in [0.2, 0.25) is 0 Å². The molecule has 0 spiro atoms. The summed E-state index contributed by atoms with van der Waals surface area (Å²) in [5.74, 6) is 0.390. The molecule has 2 aromatic heterocycles. The number of pyridine rings is 1. The SMILES string of the molecule is Cc1nn(C)c(C)c1-c1c(C#N)c(N)nc2c1Cc1ccc(O)cc1-2. The van der Waals surface area contributed by atoms with Crippen molar-refractivity contribution >= 4 is 5.82 Å². The van der Waals surface area contributed by atoms with Crippen molar-refractivity contribution in [2.75, 3.05) is 5.73 Å². The third-order valence-electron chi connectivity index (χ3n) is 4.91. The summed E-state index contributed by atoms with van der Waals surface area (Å²) in [5, 5.41) is 24.0. The molecule has 3 N–H and O–H groups in total. The number of aromatic hydroxyl groups is 1. The normalized spacial score (nSPS) is 11.9. The first-order valence-corrected chi connectivity index (χ1v) is 7.97. The van der Waals surface area contributed by atoms with Gasteiger partial charge in [0.05, 0.1) is 11.4 Å². The molecule has 1 aromatic carbocycles. The fourth-order valence-electron chi connectivity index (χ4n) is 3.69. The van der Waals surface area contributed by atoms with Crippen molar-refractivity contribution < 1.29 is 5.11 Å². The molecular weight excluding hydrogens is 314 g/mol. The van der Waals surface area contributed by atoms with Crippen LogP contribution in [0.2, 0.25) is 0 Å². The maximum Gasteiger partial charge on any atom is 0.142 e. The van der Waals surface area contributed by atoms with Crippen molar-refractivity contribution in [3.05, 3.63) is 46.3 Å². The fraction of sp³-hybridized carbons (Fsp3) is 0.211. The van der Waals surface area contributed by atoms with Gasteiger partial charge in [-0.1, -0.05) is 6.07 Å². The van der Waals surface area contributed by atoms with Crippen LogP contribution >= 0.6 is 0 Å². The van der Waals surface area contributed by atoms with Gasteiger partial charge in [-0.2, -0.15) is 10.4 Å². The maximum absolute atomic E-state index is 9.85. The summed E-state index contributed by atoms with van der Waals surface area (Å²) in [5.41, 5.74) is 13.7. The molecule has 6 nitrogen and oxygen atoms in total. The number of nitrogen functional groups attached to an aromatic ring is 1. The second-order valence-corrected chi connectivity index (χ2v) is 6.37. The van der Waals surface area contributed by atoms with Crippen LogP contribution in [-0.4, -0.2) is 19.9 Å². The Morgan fingerprint density at radius 1 is 1.28 bits per heavy atom. The topological polar surface area (TPSA) is 101 Å². The highest BCUT2D eigenvalue weighted by atomic mass is 16.3. The van der Waals surface area contributed by atoms with E-state index in [4.69, 9.17) is 5.73 Å². The predicted octanol–water partition coefficient (Wildman–Crippen LogP) is 2.83. The summed E-state index contributed by atoms with van der Waals surface area (Å²) in [6, 6.07) is 7.48. The molecule has 2 heterocycles. The number of hydrogen-bond acceptors (Lipinski definition) is 5. The second kappa shape index (κ2) is 5.08. The molecule has 0 fully saturated rings. The number of rotatable bonds is 1. The molecule has 6 heteroatoms. The number of fused-ring (bicyclic) bond motifs is 3. The third-order valence-corrected chi connectivity index (χ3v) is 4.91. The van der Waals surface area contributed by atoms with E-state index in [2.05, 4.69) is 16.2 Å². The molecule has 25 heavy (non-hydrogen) atoms. The van der Waals surface area contributed by atoms with Crippen molar-refractivity contribution in [2.45, 2.75) is 20.3 Å². The zero-order valence-electron chi connectivity index (χ0n) is 14.3. The lowest BCUT2D eigenvalue weighted by molar-refractivity contribution is 0.475. The number of nitrogens with zero attached hydrogens (tertiary/aromatic N) is 4. The van der Waals surface area contributed by atoms with E-state index in [0.717, 1.165) is 44.9 Å². The van der Waals surface area contributed by atoms with Gasteiger partial charge in [0.25, 0.3) is 0 Å². The molecule has 124 valence electrons. The highest BCUT2D eigenvalue weighted by Gasteiger charge is 2.30. The standard InChI is InChI=1S/C19H17N5O/c1-9-16(10(2)24(3)23-9)17-14-6-11-4-5-12(25)7-13(11)18(14)22-19(21)15(17)8-20/h4-5,7,25H,6H2,1-3H3,(H2,21,22). The van der Waals surface area contributed by atoms with E-state index in [1.54, 1.807) is 12.1 Å². The first-order valence-electron chi connectivity index (χ1n) is 7.97. The summed E-state index contributed by atoms with van der Waals surface area (Å²) in [6.45, 7) is 3.91. The molecule has 0 bridgehead atoms. The molecule has 1 aliphatic rings. The van der Waals surface area contributed by atoms with E-state index in [1.807, 2.05) is 31.6 Å². The minimum Gasteiger partial charge on any atom is -0.508 e. The molecule has 0 atom stereocenters. The van der Waals surface area contributed by atoms with Gasteiger partial charge in [0, 0.05) is 35.9 Å². The zero-order chi connectivity index (χ0) is 17.9. The minimum absolute atomic E-state index is 0.187. The fourth-order valence-corrected chi connectivity index (χ4v) is 3.69. The lowest BCUT2D eigenvalue weighted by Gasteiger charge is -2.13. The van der Waals surface area contributed by atoms with Gasteiger partial charge in [0.15, 0.2) is 0 Å². The monoisotopic (exact) mass is 331 g/mol. The zero-order valence-corrected chi connectivity index (χ0v) is 14.3. The number of aryl methyl sites for hydroxylation is 2. The Labute approximate surface area is 145 Å². The van der Waals surface area contributed by atoms with Crippen LogP contribution < -0.4 is 5.73 Å². The third kappa shape index (κ3) is 2.02. The van der Waals surface area contributed by atoms with Gasteiger partial charge in [-0.25, -0.2) is 4.98 Å². The molecule has 0 saturated heterocycles. The number of phenolic OH excluding ortho intramolecular Hbond substituents is 1. The van der Waals surface area contributed by atoms with E-state index in [-0.39, 0.29) is 11.6 Å². The summed E-state index contributed by atoms with van der Waals surface area (Å²) >= 11 is 0. The number of nitrogens with two attached hydrogens (primary N) is 1. The Morgan fingerprint density at radius 2 is 2.04 bits per heavy atom. The van der Waals surface area contributed by atoms with E-state index < -0.39 is 0 Å². The summed E-state index contributed by atoms with van der Waals surface area (Å²) < 4.78 is 1.81. The Hall–Kier alpha value is -3.33. The number of aromatic nitrogens is 3. The summed E-state index contributed by atoms with van der Waals surface area (Å²) in [4.78, 5) is 4.48. The van der Waals surface area contributed by atoms with Gasteiger partial charge in [-0.15, -0.1) is 0 Å². The average molecular weight is 331 g/mol. The number of phenols is 1. The van der Waals surface area contributed by atoms with Crippen molar-refractivity contribution in [2.24, 2.45) is 7.05 Å². The highest BCUT2D eigenvalue weighted by molar-refractivity contribution is 5.90.